The molecule has 1 amide bonds. The summed E-state index contributed by atoms with van der Waals surface area (Å²) in [6.07, 6.45) is 6.10. The number of amides is 1. The van der Waals surface area contributed by atoms with Crippen LogP contribution in [0.4, 0.5) is 0 Å². The second-order valence-electron chi connectivity index (χ2n) is 3.72. The SMILES string of the molecule is C#CCC(C)NC(=O)Cc1ccc(S)cc1. The van der Waals surface area contributed by atoms with Crippen LogP contribution in [0.3, 0.4) is 0 Å². The van der Waals surface area contributed by atoms with Gasteiger partial charge in [0.15, 0.2) is 0 Å². The Balaban J connectivity index is 2.46. The first kappa shape index (κ1) is 12.7. The van der Waals surface area contributed by atoms with E-state index < -0.39 is 0 Å². The smallest absolute Gasteiger partial charge is 0.224 e. The Morgan fingerprint density at radius 2 is 2.12 bits per heavy atom. The van der Waals surface area contributed by atoms with Crippen molar-refractivity contribution in [1.29, 1.82) is 0 Å². The maximum absolute atomic E-state index is 11.6. The second kappa shape index (κ2) is 6.24. The minimum Gasteiger partial charge on any atom is -0.352 e. The largest absolute Gasteiger partial charge is 0.352 e. The lowest BCUT2D eigenvalue weighted by molar-refractivity contribution is -0.121. The standard InChI is InChI=1S/C13H15NOS/c1-3-4-10(2)14-13(15)9-11-5-7-12(16)8-6-11/h1,5-8,10,16H,4,9H2,2H3,(H,14,15). The summed E-state index contributed by atoms with van der Waals surface area (Å²) in [5.41, 5.74) is 0.975. The molecule has 0 aliphatic carbocycles. The summed E-state index contributed by atoms with van der Waals surface area (Å²) in [6.45, 7) is 1.90. The fraction of sp³-hybridized carbons (Fsp3) is 0.308. The van der Waals surface area contributed by atoms with Crippen LogP contribution in [0.25, 0.3) is 0 Å². The maximum Gasteiger partial charge on any atom is 0.224 e. The number of rotatable bonds is 4. The van der Waals surface area contributed by atoms with Gasteiger partial charge in [0.05, 0.1) is 6.42 Å². The van der Waals surface area contributed by atoms with Gasteiger partial charge in [-0.05, 0) is 24.6 Å². The molecule has 2 nitrogen and oxygen atoms in total. The molecule has 0 aromatic heterocycles. The van der Waals surface area contributed by atoms with Crippen LogP contribution < -0.4 is 5.32 Å². The van der Waals surface area contributed by atoms with Gasteiger partial charge in [0, 0.05) is 17.4 Å². The second-order valence-corrected chi connectivity index (χ2v) is 4.24. The number of terminal acetylenes is 1. The molecule has 0 aliphatic rings. The molecule has 0 saturated carbocycles. The van der Waals surface area contributed by atoms with Crippen LogP contribution in [0.1, 0.15) is 18.9 Å². The van der Waals surface area contributed by atoms with Gasteiger partial charge in [-0.1, -0.05) is 12.1 Å². The minimum atomic E-state index is -0.00494. The Labute approximate surface area is 102 Å². The molecule has 0 spiro atoms. The molecule has 0 fully saturated rings. The topological polar surface area (TPSA) is 29.1 Å². The molecule has 0 aliphatic heterocycles. The summed E-state index contributed by atoms with van der Waals surface area (Å²) in [4.78, 5) is 12.5. The first-order valence-corrected chi connectivity index (χ1v) is 5.57. The van der Waals surface area contributed by atoms with Gasteiger partial charge in [0.1, 0.15) is 0 Å². The van der Waals surface area contributed by atoms with Crippen molar-refractivity contribution < 1.29 is 4.79 Å². The molecular formula is C13H15NOS. The van der Waals surface area contributed by atoms with Gasteiger partial charge < -0.3 is 5.32 Å². The van der Waals surface area contributed by atoms with Gasteiger partial charge in [-0.3, -0.25) is 4.79 Å². The third-order valence-electron chi connectivity index (χ3n) is 2.13. The molecule has 1 atom stereocenters. The van der Waals surface area contributed by atoms with E-state index in [-0.39, 0.29) is 11.9 Å². The van der Waals surface area contributed by atoms with Crippen molar-refractivity contribution in [3.05, 3.63) is 29.8 Å². The third kappa shape index (κ3) is 4.41. The quantitative estimate of drug-likeness (QED) is 0.605. The zero-order valence-corrected chi connectivity index (χ0v) is 10.1. The number of carbonyl (C=O) groups is 1. The number of thiol groups is 1. The molecule has 3 heteroatoms. The number of hydrogen-bond donors (Lipinski definition) is 2. The van der Waals surface area contributed by atoms with Crippen molar-refractivity contribution in [2.24, 2.45) is 0 Å². The Morgan fingerprint density at radius 3 is 2.69 bits per heavy atom. The van der Waals surface area contributed by atoms with E-state index in [1.807, 2.05) is 31.2 Å². The maximum atomic E-state index is 11.6. The molecule has 1 aromatic rings. The summed E-state index contributed by atoms with van der Waals surface area (Å²) in [5.74, 6) is 2.51. The highest BCUT2D eigenvalue weighted by Crippen LogP contribution is 2.08. The molecule has 16 heavy (non-hydrogen) atoms. The third-order valence-corrected chi connectivity index (χ3v) is 2.43. The van der Waals surface area contributed by atoms with Crippen LogP contribution in [0.5, 0.6) is 0 Å². The van der Waals surface area contributed by atoms with Crippen molar-refractivity contribution in [3.63, 3.8) is 0 Å². The summed E-state index contributed by atoms with van der Waals surface area (Å²) in [6, 6.07) is 7.57. The molecule has 0 saturated heterocycles. The van der Waals surface area contributed by atoms with Crippen LogP contribution >= 0.6 is 12.6 Å². The van der Waals surface area contributed by atoms with E-state index in [9.17, 15) is 4.79 Å². The lowest BCUT2D eigenvalue weighted by Crippen LogP contribution is -2.33. The van der Waals surface area contributed by atoms with Gasteiger partial charge in [0.25, 0.3) is 0 Å². The molecular weight excluding hydrogens is 218 g/mol. The molecule has 1 aromatic carbocycles. The van der Waals surface area contributed by atoms with Crippen LogP contribution in [0.2, 0.25) is 0 Å². The molecule has 0 radical (unpaired) electrons. The fourth-order valence-electron chi connectivity index (χ4n) is 1.35. The normalized spacial score (nSPS) is 11.6. The van der Waals surface area contributed by atoms with E-state index in [1.54, 1.807) is 0 Å². The van der Waals surface area contributed by atoms with Crippen molar-refractivity contribution in [1.82, 2.24) is 5.32 Å². The Hall–Kier alpha value is -1.40. The molecule has 1 N–H and O–H groups in total. The number of benzene rings is 1. The lowest BCUT2D eigenvalue weighted by Gasteiger charge is -2.10. The summed E-state index contributed by atoms with van der Waals surface area (Å²) in [5, 5.41) is 2.84. The van der Waals surface area contributed by atoms with Gasteiger partial charge in [-0.25, -0.2) is 0 Å². The van der Waals surface area contributed by atoms with Crippen molar-refractivity contribution in [2.45, 2.75) is 30.7 Å². The summed E-state index contributed by atoms with van der Waals surface area (Å²) >= 11 is 4.18. The average molecular weight is 233 g/mol. The average Bonchev–Trinajstić information content (AvgIpc) is 2.21. The van der Waals surface area contributed by atoms with E-state index in [0.29, 0.717) is 12.8 Å². The molecule has 0 heterocycles. The Morgan fingerprint density at radius 1 is 1.50 bits per heavy atom. The first-order chi connectivity index (χ1) is 7.61. The van der Waals surface area contributed by atoms with Crippen LogP contribution in [-0.2, 0) is 11.2 Å². The van der Waals surface area contributed by atoms with Crippen molar-refractivity contribution >= 4 is 18.5 Å². The summed E-state index contributed by atoms with van der Waals surface area (Å²) in [7, 11) is 0. The number of hydrogen-bond acceptors (Lipinski definition) is 2. The fourth-order valence-corrected chi connectivity index (χ4v) is 1.50. The van der Waals surface area contributed by atoms with Crippen molar-refractivity contribution in [2.75, 3.05) is 0 Å². The highest BCUT2D eigenvalue weighted by atomic mass is 32.1. The summed E-state index contributed by atoms with van der Waals surface area (Å²) < 4.78 is 0. The Kier molecular flexibility index (Phi) is 4.94. The van der Waals surface area contributed by atoms with E-state index in [1.165, 1.54) is 0 Å². The van der Waals surface area contributed by atoms with Crippen LogP contribution in [-0.4, -0.2) is 11.9 Å². The zero-order valence-electron chi connectivity index (χ0n) is 9.23. The molecule has 84 valence electrons. The highest BCUT2D eigenvalue weighted by Gasteiger charge is 2.06. The zero-order chi connectivity index (χ0) is 12.0. The van der Waals surface area contributed by atoms with Gasteiger partial charge in [-0.2, -0.15) is 0 Å². The predicted molar refractivity (Wildman–Crippen MR) is 68.5 cm³/mol. The molecule has 1 rings (SSSR count). The van der Waals surface area contributed by atoms with E-state index in [2.05, 4.69) is 23.9 Å². The van der Waals surface area contributed by atoms with E-state index >= 15 is 0 Å². The number of carbonyl (C=O) groups excluding carboxylic acids is 1. The van der Waals surface area contributed by atoms with Crippen molar-refractivity contribution in [3.8, 4) is 12.3 Å². The lowest BCUT2D eigenvalue weighted by atomic mass is 10.1. The van der Waals surface area contributed by atoms with Crippen LogP contribution in [0, 0.1) is 12.3 Å². The monoisotopic (exact) mass is 233 g/mol. The molecule has 0 bridgehead atoms. The van der Waals surface area contributed by atoms with Gasteiger partial charge in [0.2, 0.25) is 5.91 Å². The van der Waals surface area contributed by atoms with E-state index in [0.717, 1.165) is 10.5 Å². The van der Waals surface area contributed by atoms with E-state index in [4.69, 9.17) is 6.42 Å². The molecule has 1 unspecified atom stereocenters. The van der Waals surface area contributed by atoms with Gasteiger partial charge >= 0.3 is 0 Å². The van der Waals surface area contributed by atoms with Crippen LogP contribution in [0.15, 0.2) is 29.2 Å². The van der Waals surface area contributed by atoms with Gasteiger partial charge in [-0.15, -0.1) is 25.0 Å². The minimum absolute atomic E-state index is 0.00494. The Bertz CT molecular complexity index is 391. The number of nitrogens with one attached hydrogen (secondary N) is 1. The first-order valence-electron chi connectivity index (χ1n) is 5.12. The predicted octanol–water partition coefficient (Wildman–Crippen LogP) is 2.05. The highest BCUT2D eigenvalue weighted by molar-refractivity contribution is 7.80.